The number of Topliss-reactive ketones (excluding diaryl/α,β-unsaturated/α-hetero) is 1. The molecule has 1 amide bonds. The number of amides is 1. The van der Waals surface area contributed by atoms with Gasteiger partial charge in [0.1, 0.15) is 11.4 Å². The number of nitrogens with one attached hydrogen (secondary N) is 1. The number of hydrogen-bond donors (Lipinski definition) is 1. The number of pyridine rings is 1. The lowest BCUT2D eigenvalue weighted by Crippen LogP contribution is -2.23. The Morgan fingerprint density at radius 3 is 2.59 bits per heavy atom. The second-order valence-corrected chi connectivity index (χ2v) is 6.41. The zero-order chi connectivity index (χ0) is 18.5. The van der Waals surface area contributed by atoms with Crippen molar-refractivity contribution in [3.8, 4) is 0 Å². The molecule has 0 fully saturated rings. The summed E-state index contributed by atoms with van der Waals surface area (Å²) in [4.78, 5) is 29.7. The molecule has 0 radical (unpaired) electrons. The molecule has 0 aliphatic heterocycles. The average molecular weight is 354 g/mol. The van der Waals surface area contributed by atoms with Gasteiger partial charge in [0.15, 0.2) is 5.69 Å². The van der Waals surface area contributed by atoms with Gasteiger partial charge in [0, 0.05) is 22.7 Å². The van der Waals surface area contributed by atoms with E-state index in [4.69, 9.17) is 0 Å². The molecule has 2 heterocycles. The number of ketones is 1. The first kappa shape index (κ1) is 15.5. The second kappa shape index (κ2) is 5.60. The first-order valence-corrected chi connectivity index (χ1v) is 8.53. The van der Waals surface area contributed by atoms with Gasteiger partial charge >= 0.3 is 0 Å². The van der Waals surface area contributed by atoms with Crippen molar-refractivity contribution < 1.29 is 9.59 Å². The number of aromatic nitrogens is 2. The third-order valence-corrected chi connectivity index (χ3v) is 4.87. The van der Waals surface area contributed by atoms with Crippen LogP contribution in [0.5, 0.6) is 0 Å². The van der Waals surface area contributed by atoms with E-state index in [9.17, 15) is 9.59 Å². The topological polar surface area (TPSA) is 75.8 Å². The van der Waals surface area contributed by atoms with E-state index in [0.717, 1.165) is 16.3 Å². The Bertz CT molecular complexity index is 1300. The van der Waals surface area contributed by atoms with Gasteiger partial charge in [-0.2, -0.15) is 5.10 Å². The quantitative estimate of drug-likeness (QED) is 0.562. The minimum atomic E-state index is -0.445. The minimum absolute atomic E-state index is 0.186. The Hall–Kier alpha value is -3.80. The third kappa shape index (κ3) is 2.20. The van der Waals surface area contributed by atoms with Crippen molar-refractivity contribution in [3.63, 3.8) is 0 Å². The molecule has 4 aromatic rings. The van der Waals surface area contributed by atoms with Gasteiger partial charge in [0.25, 0.3) is 5.91 Å². The summed E-state index contributed by atoms with van der Waals surface area (Å²) < 4.78 is 1.83. The minimum Gasteiger partial charge on any atom is -0.304 e. The normalized spacial score (nSPS) is 14.4. The van der Waals surface area contributed by atoms with Crippen molar-refractivity contribution >= 4 is 33.8 Å². The van der Waals surface area contributed by atoms with Gasteiger partial charge in [0.2, 0.25) is 5.78 Å². The van der Waals surface area contributed by atoms with E-state index in [1.807, 2.05) is 66.1 Å². The highest BCUT2D eigenvalue weighted by atomic mass is 16.2. The molecular weight excluding hydrogens is 340 g/mol. The van der Waals surface area contributed by atoms with Crippen LogP contribution in [0.3, 0.4) is 0 Å². The van der Waals surface area contributed by atoms with E-state index < -0.39 is 5.91 Å². The molecule has 1 aliphatic carbocycles. The van der Waals surface area contributed by atoms with Crippen LogP contribution in [0.4, 0.5) is 0 Å². The number of carbonyl (C=O) groups excluding carboxylic acids is 2. The highest BCUT2D eigenvalue weighted by molar-refractivity contribution is 6.59. The summed E-state index contributed by atoms with van der Waals surface area (Å²) >= 11 is 0. The summed E-state index contributed by atoms with van der Waals surface area (Å²) in [6.07, 6.45) is 1.85. The molecular formula is C21H14N4O2. The van der Waals surface area contributed by atoms with Gasteiger partial charge in [-0.05, 0) is 24.4 Å². The Labute approximate surface area is 154 Å². The number of hydrazone groups is 1. The maximum absolute atomic E-state index is 12.7. The molecule has 0 unspecified atom stereocenters. The molecule has 0 spiro atoms. The summed E-state index contributed by atoms with van der Waals surface area (Å²) in [6.45, 7) is 1.82. The van der Waals surface area contributed by atoms with Gasteiger partial charge in [-0.25, -0.2) is 10.4 Å². The number of benzene rings is 2. The molecule has 5 rings (SSSR count). The molecule has 0 bridgehead atoms. The Morgan fingerprint density at radius 1 is 1.04 bits per heavy atom. The van der Waals surface area contributed by atoms with Crippen molar-refractivity contribution in [1.82, 2.24) is 14.8 Å². The second-order valence-electron chi connectivity index (χ2n) is 6.41. The number of nitrogens with zero attached hydrogens (tertiary/aromatic N) is 3. The monoisotopic (exact) mass is 354 g/mol. The van der Waals surface area contributed by atoms with Gasteiger partial charge in [-0.15, -0.1) is 0 Å². The van der Waals surface area contributed by atoms with Crippen LogP contribution in [0.2, 0.25) is 0 Å². The number of carbonyl (C=O) groups is 2. The first-order chi connectivity index (χ1) is 13.1. The van der Waals surface area contributed by atoms with Gasteiger partial charge < -0.3 is 4.40 Å². The number of fused-ring (bicyclic) bond motifs is 1. The van der Waals surface area contributed by atoms with Crippen molar-refractivity contribution in [2.45, 2.75) is 6.92 Å². The predicted molar refractivity (Wildman–Crippen MR) is 102 cm³/mol. The van der Waals surface area contributed by atoms with Crippen molar-refractivity contribution in [3.05, 3.63) is 83.3 Å². The van der Waals surface area contributed by atoms with E-state index >= 15 is 0 Å². The third-order valence-electron chi connectivity index (χ3n) is 4.87. The lowest BCUT2D eigenvalue weighted by molar-refractivity contribution is 0.0950. The largest absolute Gasteiger partial charge is 0.304 e. The van der Waals surface area contributed by atoms with Gasteiger partial charge in [0.05, 0.1) is 5.69 Å². The number of aryl methyl sites for hydroxylation is 1. The summed E-state index contributed by atoms with van der Waals surface area (Å²) in [5.41, 5.74) is 5.78. The summed E-state index contributed by atoms with van der Waals surface area (Å²) in [6, 6.07) is 16.8. The average Bonchev–Trinajstić information content (AvgIpc) is 3.17. The van der Waals surface area contributed by atoms with Crippen LogP contribution in [0.25, 0.3) is 16.4 Å². The van der Waals surface area contributed by atoms with E-state index in [0.29, 0.717) is 16.9 Å². The molecule has 130 valence electrons. The number of rotatable bonds is 2. The van der Waals surface area contributed by atoms with Crippen LogP contribution in [0.15, 0.2) is 65.9 Å². The molecule has 1 aliphatic rings. The lowest BCUT2D eigenvalue weighted by atomic mass is 10.1. The molecule has 0 atom stereocenters. The van der Waals surface area contributed by atoms with Crippen LogP contribution in [0, 0.1) is 6.92 Å². The molecule has 0 saturated carbocycles. The fourth-order valence-corrected chi connectivity index (χ4v) is 3.58. The molecule has 2 aromatic carbocycles. The van der Waals surface area contributed by atoms with E-state index in [1.54, 1.807) is 6.07 Å². The Kier molecular flexibility index (Phi) is 3.21. The number of hydrogen-bond acceptors (Lipinski definition) is 4. The molecule has 2 aromatic heterocycles. The van der Waals surface area contributed by atoms with Crippen LogP contribution in [-0.4, -0.2) is 26.8 Å². The van der Waals surface area contributed by atoms with E-state index in [2.05, 4.69) is 15.5 Å². The maximum Gasteiger partial charge on any atom is 0.291 e. The summed E-state index contributed by atoms with van der Waals surface area (Å²) in [5.74, 6) is -0.631. The highest BCUT2D eigenvalue weighted by Gasteiger charge is 2.29. The van der Waals surface area contributed by atoms with Crippen LogP contribution in [-0.2, 0) is 0 Å². The fourth-order valence-electron chi connectivity index (χ4n) is 3.58. The summed E-state index contributed by atoms with van der Waals surface area (Å²) in [5, 5.41) is 6.00. The standard InChI is InChI=1S/C21H14N4O2/c1-12-18(22-16-10-2-3-11-25(12)16)21(27)24-23-19-14-8-4-6-13-7-5-9-15(17(13)14)20(19)26/h2-11H,1H3,(H,24,27). The van der Waals surface area contributed by atoms with E-state index in [1.165, 1.54) is 0 Å². The highest BCUT2D eigenvalue weighted by Crippen LogP contribution is 2.30. The van der Waals surface area contributed by atoms with Crippen LogP contribution in [0.1, 0.15) is 32.1 Å². The molecule has 1 N–H and O–H groups in total. The molecule has 6 heteroatoms. The van der Waals surface area contributed by atoms with Gasteiger partial charge in [-0.3, -0.25) is 9.59 Å². The predicted octanol–water partition coefficient (Wildman–Crippen LogP) is 3.13. The lowest BCUT2D eigenvalue weighted by Gasteiger charge is -2.01. The molecule has 27 heavy (non-hydrogen) atoms. The van der Waals surface area contributed by atoms with Crippen molar-refractivity contribution in [1.29, 1.82) is 0 Å². The van der Waals surface area contributed by atoms with Crippen LogP contribution >= 0.6 is 0 Å². The first-order valence-electron chi connectivity index (χ1n) is 8.53. The molecule has 0 saturated heterocycles. The Balaban J connectivity index is 1.53. The maximum atomic E-state index is 12.7. The molecule has 6 nitrogen and oxygen atoms in total. The van der Waals surface area contributed by atoms with Crippen molar-refractivity contribution in [2.75, 3.05) is 0 Å². The number of imidazole rings is 1. The van der Waals surface area contributed by atoms with E-state index in [-0.39, 0.29) is 17.2 Å². The zero-order valence-corrected chi connectivity index (χ0v) is 14.4. The zero-order valence-electron chi connectivity index (χ0n) is 14.4. The SMILES string of the molecule is Cc1c(C(=O)NN=C2C(=O)c3cccc4cccc2c34)nc2ccccn12. The fraction of sp³-hybridized carbons (Fsp3) is 0.0476. The smallest absolute Gasteiger partial charge is 0.291 e. The van der Waals surface area contributed by atoms with Crippen LogP contribution < -0.4 is 5.43 Å². The summed E-state index contributed by atoms with van der Waals surface area (Å²) in [7, 11) is 0. The van der Waals surface area contributed by atoms with Crippen molar-refractivity contribution in [2.24, 2.45) is 5.10 Å². The van der Waals surface area contributed by atoms with Gasteiger partial charge in [-0.1, -0.05) is 42.5 Å². The Morgan fingerprint density at radius 2 is 1.81 bits per heavy atom.